The molecule has 2 unspecified atom stereocenters. The highest BCUT2D eigenvalue weighted by Crippen LogP contribution is 2.12. The minimum atomic E-state index is -0.223. The minimum absolute atomic E-state index is 0.0409. The Labute approximate surface area is 91.5 Å². The van der Waals surface area contributed by atoms with Crippen molar-refractivity contribution >= 4 is 5.91 Å². The molecule has 0 spiro atoms. The molecule has 88 valence electrons. The molecule has 3 N–H and O–H groups in total. The molecule has 4 heteroatoms. The summed E-state index contributed by atoms with van der Waals surface area (Å²) >= 11 is 0. The predicted molar refractivity (Wildman–Crippen MR) is 59.5 cm³/mol. The van der Waals surface area contributed by atoms with Crippen molar-refractivity contribution in [1.29, 1.82) is 0 Å². The number of rotatable bonds is 5. The van der Waals surface area contributed by atoms with Gasteiger partial charge in [0.2, 0.25) is 5.91 Å². The Bertz CT molecular complexity index is 191. The molecule has 0 saturated carbocycles. The van der Waals surface area contributed by atoms with E-state index in [1.54, 1.807) is 0 Å². The Balaban J connectivity index is 2.21. The monoisotopic (exact) mass is 214 g/mol. The van der Waals surface area contributed by atoms with Crippen molar-refractivity contribution in [3.63, 3.8) is 0 Å². The van der Waals surface area contributed by atoms with Crippen LogP contribution in [0.1, 0.15) is 39.0 Å². The third-order valence-electron chi connectivity index (χ3n) is 2.70. The van der Waals surface area contributed by atoms with Crippen molar-refractivity contribution in [3.05, 3.63) is 0 Å². The van der Waals surface area contributed by atoms with Gasteiger partial charge in [-0.1, -0.05) is 0 Å². The normalized spacial score (nSPS) is 23.5. The molecule has 0 aromatic heterocycles. The van der Waals surface area contributed by atoms with Crippen LogP contribution in [0.15, 0.2) is 0 Å². The fourth-order valence-electron chi connectivity index (χ4n) is 1.78. The largest absolute Gasteiger partial charge is 0.368 e. The number of nitrogens with two attached hydrogens (primary N) is 1. The zero-order valence-electron chi connectivity index (χ0n) is 9.50. The summed E-state index contributed by atoms with van der Waals surface area (Å²) in [5, 5.41) is 2.96. The molecule has 0 aromatic rings. The van der Waals surface area contributed by atoms with Gasteiger partial charge in [-0.05, 0) is 45.6 Å². The van der Waals surface area contributed by atoms with E-state index in [1.165, 1.54) is 0 Å². The smallest absolute Gasteiger partial charge is 0.249 e. The van der Waals surface area contributed by atoms with Crippen LogP contribution in [0.3, 0.4) is 0 Å². The van der Waals surface area contributed by atoms with Gasteiger partial charge in [0, 0.05) is 12.6 Å². The summed E-state index contributed by atoms with van der Waals surface area (Å²) in [5.74, 6) is 0.0409. The van der Waals surface area contributed by atoms with Crippen LogP contribution in [0.5, 0.6) is 0 Å². The van der Waals surface area contributed by atoms with Crippen LogP contribution in [-0.4, -0.2) is 31.2 Å². The van der Waals surface area contributed by atoms with Crippen molar-refractivity contribution in [2.75, 3.05) is 13.2 Å². The molecule has 15 heavy (non-hydrogen) atoms. The topological polar surface area (TPSA) is 64.3 Å². The van der Waals surface area contributed by atoms with Crippen LogP contribution in [0, 0.1) is 0 Å². The molecule has 1 heterocycles. The zero-order valence-corrected chi connectivity index (χ0v) is 9.50. The number of hydrogen-bond acceptors (Lipinski definition) is 3. The van der Waals surface area contributed by atoms with E-state index in [2.05, 4.69) is 5.32 Å². The zero-order chi connectivity index (χ0) is 11.1. The van der Waals surface area contributed by atoms with Crippen LogP contribution in [-0.2, 0) is 9.53 Å². The van der Waals surface area contributed by atoms with E-state index in [-0.39, 0.29) is 18.1 Å². The Kier molecular flexibility index (Phi) is 5.65. The van der Waals surface area contributed by atoms with E-state index in [1.807, 2.05) is 6.92 Å². The molecular formula is C11H22N2O2. The van der Waals surface area contributed by atoms with E-state index >= 15 is 0 Å². The van der Waals surface area contributed by atoms with Gasteiger partial charge in [-0.2, -0.15) is 0 Å². The summed E-state index contributed by atoms with van der Waals surface area (Å²) in [5.41, 5.74) is 5.41. The Hall–Kier alpha value is -0.610. The fraction of sp³-hybridized carbons (Fsp3) is 0.909. The van der Waals surface area contributed by atoms with Crippen LogP contribution >= 0.6 is 0 Å². The summed E-state index contributed by atoms with van der Waals surface area (Å²) in [7, 11) is 0. The van der Waals surface area contributed by atoms with Gasteiger partial charge >= 0.3 is 0 Å². The summed E-state index contributed by atoms with van der Waals surface area (Å²) < 4.78 is 5.41. The molecule has 0 radical (unpaired) electrons. The highest BCUT2D eigenvalue weighted by atomic mass is 16.5. The van der Waals surface area contributed by atoms with E-state index in [0.717, 1.165) is 38.7 Å². The Morgan fingerprint density at radius 3 is 3.00 bits per heavy atom. The Morgan fingerprint density at radius 2 is 2.40 bits per heavy atom. The van der Waals surface area contributed by atoms with Gasteiger partial charge in [0.25, 0.3) is 0 Å². The molecule has 1 aliphatic rings. The highest BCUT2D eigenvalue weighted by molar-refractivity contribution is 5.81. The Morgan fingerprint density at radius 1 is 1.60 bits per heavy atom. The highest BCUT2D eigenvalue weighted by Gasteiger charge is 2.22. The first-order valence-corrected chi connectivity index (χ1v) is 5.86. The van der Waals surface area contributed by atoms with Crippen molar-refractivity contribution in [1.82, 2.24) is 5.32 Å². The second kappa shape index (κ2) is 6.80. The lowest BCUT2D eigenvalue weighted by atomic mass is 10.1. The average molecular weight is 214 g/mol. The lowest BCUT2D eigenvalue weighted by molar-refractivity contribution is -0.136. The van der Waals surface area contributed by atoms with E-state index in [4.69, 9.17) is 10.5 Å². The van der Waals surface area contributed by atoms with Crippen LogP contribution in [0.4, 0.5) is 0 Å². The molecule has 1 fully saturated rings. The van der Waals surface area contributed by atoms with Crippen LogP contribution < -0.4 is 11.1 Å². The summed E-state index contributed by atoms with van der Waals surface area (Å²) in [6, 6.07) is 0.201. The SMILES string of the molecule is CC(CCCN)NC(=O)C1CCCCO1. The van der Waals surface area contributed by atoms with Crippen molar-refractivity contribution in [3.8, 4) is 0 Å². The fourth-order valence-corrected chi connectivity index (χ4v) is 1.78. The van der Waals surface area contributed by atoms with Gasteiger partial charge in [0.05, 0.1) is 0 Å². The molecule has 4 nitrogen and oxygen atoms in total. The predicted octanol–water partition coefficient (Wildman–Crippen LogP) is 0.799. The number of ether oxygens (including phenoxy) is 1. The molecule has 0 aliphatic carbocycles. The van der Waals surface area contributed by atoms with Crippen molar-refractivity contribution in [2.45, 2.75) is 51.2 Å². The first-order chi connectivity index (χ1) is 7.24. The molecule has 2 atom stereocenters. The number of carbonyl (C=O) groups is 1. The van der Waals surface area contributed by atoms with Crippen molar-refractivity contribution in [2.24, 2.45) is 5.73 Å². The lowest BCUT2D eigenvalue weighted by Gasteiger charge is -2.23. The van der Waals surface area contributed by atoms with E-state index in [0.29, 0.717) is 6.54 Å². The minimum Gasteiger partial charge on any atom is -0.368 e. The standard InChI is InChI=1S/C11H22N2O2/c1-9(5-4-7-12)13-11(14)10-6-2-3-8-15-10/h9-10H,2-8,12H2,1H3,(H,13,14). The maximum atomic E-state index is 11.7. The number of hydrogen-bond donors (Lipinski definition) is 2. The van der Waals surface area contributed by atoms with Crippen LogP contribution in [0.2, 0.25) is 0 Å². The molecule has 1 aliphatic heterocycles. The van der Waals surface area contributed by atoms with Gasteiger partial charge in [-0.25, -0.2) is 0 Å². The first-order valence-electron chi connectivity index (χ1n) is 5.86. The number of nitrogens with one attached hydrogen (secondary N) is 1. The third-order valence-corrected chi connectivity index (χ3v) is 2.70. The summed E-state index contributed by atoms with van der Waals surface area (Å²) in [6.45, 7) is 3.41. The quantitative estimate of drug-likeness (QED) is 0.711. The number of carbonyl (C=O) groups excluding carboxylic acids is 1. The lowest BCUT2D eigenvalue weighted by Crippen LogP contribution is -2.42. The maximum Gasteiger partial charge on any atom is 0.249 e. The molecule has 1 saturated heterocycles. The van der Waals surface area contributed by atoms with Gasteiger partial charge in [-0.15, -0.1) is 0 Å². The summed E-state index contributed by atoms with van der Waals surface area (Å²) in [6.07, 6.45) is 4.69. The molecule has 0 aromatic carbocycles. The maximum absolute atomic E-state index is 11.7. The summed E-state index contributed by atoms with van der Waals surface area (Å²) in [4.78, 5) is 11.7. The van der Waals surface area contributed by atoms with Gasteiger partial charge in [-0.3, -0.25) is 4.79 Å². The molecule has 0 bridgehead atoms. The van der Waals surface area contributed by atoms with E-state index in [9.17, 15) is 4.79 Å². The molecular weight excluding hydrogens is 192 g/mol. The van der Waals surface area contributed by atoms with Crippen molar-refractivity contribution < 1.29 is 9.53 Å². The van der Waals surface area contributed by atoms with E-state index < -0.39 is 0 Å². The first kappa shape index (κ1) is 12.5. The van der Waals surface area contributed by atoms with Crippen LogP contribution in [0.25, 0.3) is 0 Å². The third kappa shape index (κ3) is 4.62. The van der Waals surface area contributed by atoms with Gasteiger partial charge in [0.1, 0.15) is 6.10 Å². The molecule has 1 amide bonds. The number of amides is 1. The second-order valence-electron chi connectivity index (χ2n) is 4.20. The average Bonchev–Trinajstić information content (AvgIpc) is 2.27. The molecule has 1 rings (SSSR count). The van der Waals surface area contributed by atoms with Gasteiger partial charge in [0.15, 0.2) is 0 Å². The second-order valence-corrected chi connectivity index (χ2v) is 4.20. The van der Waals surface area contributed by atoms with Gasteiger partial charge < -0.3 is 15.8 Å².